The highest BCUT2D eigenvalue weighted by molar-refractivity contribution is 5.79. The van der Waals surface area contributed by atoms with Gasteiger partial charge in [-0.1, -0.05) is 6.07 Å². The number of anilines is 1. The summed E-state index contributed by atoms with van der Waals surface area (Å²) in [4.78, 5) is 7.84. The zero-order valence-electron chi connectivity index (χ0n) is 15.0. The highest BCUT2D eigenvalue weighted by Crippen LogP contribution is 2.33. The molecule has 3 aromatic rings. The normalized spacial score (nSPS) is 12.2. The molecular weight excluding hydrogens is 373 g/mol. The van der Waals surface area contributed by atoms with Gasteiger partial charge in [-0.15, -0.1) is 10.2 Å². The van der Waals surface area contributed by atoms with Gasteiger partial charge in [0, 0.05) is 32.5 Å². The first-order valence-electron chi connectivity index (χ1n) is 8.48. The van der Waals surface area contributed by atoms with E-state index in [0.717, 1.165) is 11.7 Å². The van der Waals surface area contributed by atoms with Crippen molar-refractivity contribution in [1.82, 2.24) is 30.2 Å². The maximum Gasteiger partial charge on any atom is 0.419 e. The predicted molar refractivity (Wildman–Crippen MR) is 98.9 cm³/mol. The summed E-state index contributed by atoms with van der Waals surface area (Å²) in [5.41, 5.74) is -0.0570. The van der Waals surface area contributed by atoms with E-state index in [-0.39, 0.29) is 12.4 Å². The first-order valence-corrected chi connectivity index (χ1v) is 8.48. The van der Waals surface area contributed by atoms with Crippen LogP contribution in [0.1, 0.15) is 11.4 Å². The number of hydrogen-bond donors (Lipinski definition) is 3. The summed E-state index contributed by atoms with van der Waals surface area (Å²) < 4.78 is 40.7. The molecule has 0 saturated carbocycles. The summed E-state index contributed by atoms with van der Waals surface area (Å²) in [5.74, 6) is 1.00. The highest BCUT2D eigenvalue weighted by Gasteiger charge is 2.33. The Bertz CT molecular complexity index is 951. The van der Waals surface area contributed by atoms with Crippen molar-refractivity contribution in [2.24, 2.45) is 4.99 Å². The number of rotatable bonds is 6. The Hall–Kier alpha value is -3.37. The van der Waals surface area contributed by atoms with Crippen LogP contribution in [0.15, 0.2) is 47.7 Å². The van der Waals surface area contributed by atoms with Gasteiger partial charge < -0.3 is 16.0 Å². The minimum absolute atomic E-state index is 0.199. The van der Waals surface area contributed by atoms with Crippen molar-refractivity contribution in [1.29, 1.82) is 0 Å². The van der Waals surface area contributed by atoms with E-state index in [1.807, 2.05) is 28.8 Å². The molecule has 28 heavy (non-hydrogen) atoms. The van der Waals surface area contributed by atoms with Gasteiger partial charge in [0.15, 0.2) is 17.4 Å². The molecule has 0 aromatic carbocycles. The Morgan fingerprint density at radius 3 is 2.75 bits per heavy atom. The minimum atomic E-state index is -4.46. The van der Waals surface area contributed by atoms with Crippen LogP contribution in [0, 0.1) is 0 Å². The zero-order chi connectivity index (χ0) is 20.0. The molecule has 0 fully saturated rings. The minimum Gasteiger partial charge on any atom is -0.368 e. The molecule has 8 nitrogen and oxygen atoms in total. The number of fused-ring (bicyclic) bond motifs is 1. The number of nitrogens with zero attached hydrogens (tertiary/aromatic N) is 5. The number of aromatic nitrogens is 4. The van der Waals surface area contributed by atoms with Crippen LogP contribution >= 0.6 is 0 Å². The van der Waals surface area contributed by atoms with E-state index < -0.39 is 11.7 Å². The average Bonchev–Trinajstić information content (AvgIpc) is 3.10. The largest absolute Gasteiger partial charge is 0.419 e. The molecule has 148 valence electrons. The number of halogens is 3. The summed E-state index contributed by atoms with van der Waals surface area (Å²) in [6, 6.07) is 7.85. The first-order chi connectivity index (χ1) is 13.5. The van der Waals surface area contributed by atoms with Crippen LogP contribution in [0.2, 0.25) is 0 Å². The molecule has 3 heterocycles. The van der Waals surface area contributed by atoms with Crippen LogP contribution in [-0.2, 0) is 12.7 Å². The third-order valence-corrected chi connectivity index (χ3v) is 3.84. The fraction of sp³-hybridized carbons (Fsp3) is 0.294. The summed E-state index contributed by atoms with van der Waals surface area (Å²) in [6.45, 7) is 0.958. The lowest BCUT2D eigenvalue weighted by Gasteiger charge is -2.14. The van der Waals surface area contributed by atoms with Gasteiger partial charge in [0.2, 0.25) is 0 Å². The van der Waals surface area contributed by atoms with Crippen LogP contribution in [-0.4, -0.2) is 45.7 Å². The number of alkyl halides is 3. The molecule has 11 heteroatoms. The molecule has 0 aliphatic heterocycles. The van der Waals surface area contributed by atoms with E-state index in [2.05, 4.69) is 36.1 Å². The van der Waals surface area contributed by atoms with E-state index in [1.54, 1.807) is 7.05 Å². The number of aliphatic imine (C=N–C) groups is 1. The average molecular weight is 392 g/mol. The van der Waals surface area contributed by atoms with Crippen molar-refractivity contribution in [2.75, 3.05) is 25.5 Å². The number of guanidine groups is 1. The summed E-state index contributed by atoms with van der Waals surface area (Å²) in [5, 5.41) is 17.0. The maximum atomic E-state index is 12.9. The lowest BCUT2D eigenvalue weighted by atomic mass is 10.2. The molecule has 0 saturated heterocycles. The Kier molecular flexibility index (Phi) is 5.92. The second-order valence-electron chi connectivity index (χ2n) is 5.72. The third-order valence-electron chi connectivity index (χ3n) is 3.84. The van der Waals surface area contributed by atoms with Gasteiger partial charge >= 0.3 is 6.18 Å². The highest BCUT2D eigenvalue weighted by atomic mass is 19.4. The Labute approximate surface area is 158 Å². The van der Waals surface area contributed by atoms with Gasteiger partial charge in [-0.25, -0.2) is 4.98 Å². The standard InChI is InChI=1S/C17H19F3N8/c1-21-16(25-11-14-27-26-13-6-2-3-10-28(13)14)24-9-8-23-15-12(17(18,19)20)5-4-7-22-15/h2-7,10H,8-9,11H2,1H3,(H,22,23)(H2,21,24,25). The lowest BCUT2D eigenvalue weighted by molar-refractivity contribution is -0.137. The summed E-state index contributed by atoms with van der Waals surface area (Å²) >= 11 is 0. The molecule has 0 aliphatic carbocycles. The van der Waals surface area contributed by atoms with Crippen LogP contribution in [0.5, 0.6) is 0 Å². The Balaban J connectivity index is 1.49. The van der Waals surface area contributed by atoms with Crippen LogP contribution in [0.25, 0.3) is 5.65 Å². The molecule has 0 bridgehead atoms. The van der Waals surface area contributed by atoms with E-state index >= 15 is 0 Å². The van der Waals surface area contributed by atoms with Crippen LogP contribution < -0.4 is 16.0 Å². The second kappa shape index (κ2) is 8.55. The Morgan fingerprint density at radius 2 is 1.96 bits per heavy atom. The molecule has 3 aromatic heterocycles. The van der Waals surface area contributed by atoms with E-state index in [4.69, 9.17) is 0 Å². The van der Waals surface area contributed by atoms with E-state index in [0.29, 0.717) is 24.9 Å². The fourth-order valence-corrected chi connectivity index (χ4v) is 2.53. The number of hydrogen-bond acceptors (Lipinski definition) is 5. The molecule has 0 amide bonds. The fourth-order valence-electron chi connectivity index (χ4n) is 2.53. The molecule has 3 N–H and O–H groups in total. The molecule has 0 unspecified atom stereocenters. The summed E-state index contributed by atoms with van der Waals surface area (Å²) in [6.07, 6.45) is -1.28. The smallest absolute Gasteiger partial charge is 0.368 e. The quantitative estimate of drug-likeness (QED) is 0.337. The van der Waals surface area contributed by atoms with Crippen molar-refractivity contribution in [2.45, 2.75) is 12.7 Å². The van der Waals surface area contributed by atoms with E-state index in [1.165, 1.54) is 12.3 Å². The van der Waals surface area contributed by atoms with Crippen LogP contribution in [0.4, 0.5) is 19.0 Å². The SMILES string of the molecule is CN=C(NCCNc1ncccc1C(F)(F)F)NCc1nnc2ccccn12. The number of pyridine rings is 2. The maximum absolute atomic E-state index is 12.9. The zero-order valence-corrected chi connectivity index (χ0v) is 15.0. The van der Waals surface area contributed by atoms with Crippen molar-refractivity contribution in [3.8, 4) is 0 Å². The van der Waals surface area contributed by atoms with Gasteiger partial charge in [0.25, 0.3) is 0 Å². The Morgan fingerprint density at radius 1 is 1.11 bits per heavy atom. The third kappa shape index (κ3) is 4.67. The molecule has 0 spiro atoms. The van der Waals surface area contributed by atoms with Gasteiger partial charge in [-0.3, -0.25) is 9.39 Å². The van der Waals surface area contributed by atoms with Crippen molar-refractivity contribution >= 4 is 17.4 Å². The van der Waals surface area contributed by atoms with Gasteiger partial charge in [0.05, 0.1) is 12.1 Å². The van der Waals surface area contributed by atoms with Crippen molar-refractivity contribution < 1.29 is 13.2 Å². The predicted octanol–water partition coefficient (Wildman–Crippen LogP) is 1.92. The van der Waals surface area contributed by atoms with E-state index in [9.17, 15) is 13.2 Å². The molecule has 0 aliphatic rings. The van der Waals surface area contributed by atoms with Crippen molar-refractivity contribution in [3.63, 3.8) is 0 Å². The van der Waals surface area contributed by atoms with Crippen LogP contribution in [0.3, 0.4) is 0 Å². The van der Waals surface area contributed by atoms with Crippen molar-refractivity contribution in [3.05, 3.63) is 54.1 Å². The topological polar surface area (TPSA) is 91.5 Å². The monoisotopic (exact) mass is 392 g/mol. The van der Waals surface area contributed by atoms with Gasteiger partial charge in [-0.2, -0.15) is 13.2 Å². The summed E-state index contributed by atoms with van der Waals surface area (Å²) in [7, 11) is 1.60. The van der Waals surface area contributed by atoms with Gasteiger partial charge in [0.1, 0.15) is 5.82 Å². The number of nitrogens with one attached hydrogen (secondary N) is 3. The lowest BCUT2D eigenvalue weighted by Crippen LogP contribution is -2.39. The molecule has 0 radical (unpaired) electrons. The first kappa shape index (κ1) is 19.4. The second-order valence-corrected chi connectivity index (χ2v) is 5.72. The van der Waals surface area contributed by atoms with Gasteiger partial charge in [-0.05, 0) is 24.3 Å². The molecular formula is C17H19F3N8. The molecule has 3 rings (SSSR count). The molecule has 0 atom stereocenters.